The number of hydrogen-bond acceptors (Lipinski definition) is 3. The van der Waals surface area contributed by atoms with Crippen LogP contribution in [0.5, 0.6) is 0 Å². The number of hydrogen-bond donors (Lipinski definition) is 0. The highest BCUT2D eigenvalue weighted by Crippen LogP contribution is 2.47. The molecule has 1 aliphatic heterocycles. The molecular formula is C18H20O3. The summed E-state index contributed by atoms with van der Waals surface area (Å²) >= 11 is 0. The molecule has 2 atom stereocenters. The first-order chi connectivity index (χ1) is 10.2. The van der Waals surface area contributed by atoms with E-state index in [1.807, 2.05) is 50.2 Å². The Morgan fingerprint density at radius 3 is 1.67 bits per heavy atom. The molecule has 110 valence electrons. The molecule has 3 rings (SSSR count). The van der Waals surface area contributed by atoms with Crippen LogP contribution in [0, 0.1) is 0 Å². The summed E-state index contributed by atoms with van der Waals surface area (Å²) in [5, 5.41) is 0. The summed E-state index contributed by atoms with van der Waals surface area (Å²) in [6.07, 6.45) is -0.352. The van der Waals surface area contributed by atoms with Crippen molar-refractivity contribution >= 4 is 0 Å². The Balaban J connectivity index is 1.95. The van der Waals surface area contributed by atoms with Crippen molar-refractivity contribution in [1.29, 1.82) is 0 Å². The standard InChI is InChI=1S/C18H20O3/c1-3-19-18(2)20-16(14-10-6-4-7-11-14)17(21-18)15-12-8-5-9-13-15/h4-13,16-17H,3H2,1-2H3. The molecular weight excluding hydrogens is 264 g/mol. The summed E-state index contributed by atoms with van der Waals surface area (Å²) < 4.78 is 17.8. The second-order valence-corrected chi connectivity index (χ2v) is 5.19. The van der Waals surface area contributed by atoms with Crippen LogP contribution in [0.2, 0.25) is 0 Å². The Bertz CT molecular complexity index is 520. The zero-order valence-corrected chi connectivity index (χ0v) is 12.4. The summed E-state index contributed by atoms with van der Waals surface area (Å²) in [7, 11) is 0. The van der Waals surface area contributed by atoms with Crippen LogP contribution >= 0.6 is 0 Å². The Labute approximate surface area is 125 Å². The quantitative estimate of drug-likeness (QED) is 0.841. The minimum absolute atomic E-state index is 0.176. The monoisotopic (exact) mass is 284 g/mol. The molecule has 0 radical (unpaired) electrons. The van der Waals surface area contributed by atoms with Crippen LogP contribution < -0.4 is 0 Å². The number of ether oxygens (including phenoxy) is 3. The molecule has 1 fully saturated rings. The fraction of sp³-hybridized carbons (Fsp3) is 0.333. The zero-order valence-electron chi connectivity index (χ0n) is 12.4. The smallest absolute Gasteiger partial charge is 0.281 e. The van der Waals surface area contributed by atoms with Gasteiger partial charge in [0.2, 0.25) is 0 Å². The Kier molecular flexibility index (Phi) is 4.06. The lowest BCUT2D eigenvalue weighted by molar-refractivity contribution is -0.329. The second kappa shape index (κ2) is 5.98. The van der Waals surface area contributed by atoms with Crippen LogP contribution in [0.4, 0.5) is 0 Å². The third-order valence-corrected chi connectivity index (χ3v) is 3.62. The second-order valence-electron chi connectivity index (χ2n) is 5.19. The van der Waals surface area contributed by atoms with E-state index in [0.29, 0.717) is 6.61 Å². The molecule has 0 aromatic heterocycles. The van der Waals surface area contributed by atoms with E-state index in [0.717, 1.165) is 11.1 Å². The van der Waals surface area contributed by atoms with E-state index in [9.17, 15) is 0 Å². The van der Waals surface area contributed by atoms with Crippen molar-refractivity contribution in [2.24, 2.45) is 0 Å². The van der Waals surface area contributed by atoms with Gasteiger partial charge in [0.05, 0.1) is 0 Å². The maximum Gasteiger partial charge on any atom is 0.281 e. The van der Waals surface area contributed by atoms with Gasteiger partial charge in [-0.05, 0) is 18.1 Å². The van der Waals surface area contributed by atoms with Crippen LogP contribution in [0.15, 0.2) is 60.7 Å². The van der Waals surface area contributed by atoms with Crippen LogP contribution in [-0.2, 0) is 14.2 Å². The van der Waals surface area contributed by atoms with E-state index in [4.69, 9.17) is 14.2 Å². The summed E-state index contributed by atoms with van der Waals surface area (Å²) in [6, 6.07) is 20.3. The van der Waals surface area contributed by atoms with Crippen molar-refractivity contribution in [3.63, 3.8) is 0 Å². The van der Waals surface area contributed by atoms with E-state index in [-0.39, 0.29) is 12.2 Å². The SMILES string of the molecule is CCOC1(C)OC(c2ccccc2)C(c2ccccc2)O1. The minimum atomic E-state index is -1.00. The fourth-order valence-electron chi connectivity index (χ4n) is 2.71. The molecule has 2 aromatic rings. The molecule has 3 nitrogen and oxygen atoms in total. The third-order valence-electron chi connectivity index (χ3n) is 3.62. The van der Waals surface area contributed by atoms with Gasteiger partial charge in [0, 0.05) is 13.5 Å². The predicted molar refractivity (Wildman–Crippen MR) is 80.6 cm³/mol. The first kappa shape index (κ1) is 14.3. The van der Waals surface area contributed by atoms with Gasteiger partial charge in [0.25, 0.3) is 5.97 Å². The van der Waals surface area contributed by atoms with E-state index in [1.54, 1.807) is 0 Å². The summed E-state index contributed by atoms with van der Waals surface area (Å²) in [4.78, 5) is 0. The van der Waals surface area contributed by atoms with Gasteiger partial charge in [-0.1, -0.05) is 60.7 Å². The molecule has 0 aliphatic carbocycles. The van der Waals surface area contributed by atoms with Gasteiger partial charge in [-0.25, -0.2) is 0 Å². The topological polar surface area (TPSA) is 27.7 Å². The highest BCUT2D eigenvalue weighted by Gasteiger charge is 2.46. The molecule has 3 heteroatoms. The van der Waals surface area contributed by atoms with E-state index in [2.05, 4.69) is 24.3 Å². The van der Waals surface area contributed by atoms with Crippen molar-refractivity contribution in [2.75, 3.05) is 6.61 Å². The summed E-state index contributed by atoms with van der Waals surface area (Å²) in [5.41, 5.74) is 2.18. The lowest BCUT2D eigenvalue weighted by Gasteiger charge is -2.22. The van der Waals surface area contributed by atoms with E-state index >= 15 is 0 Å². The largest absolute Gasteiger partial charge is 0.328 e. The highest BCUT2D eigenvalue weighted by atomic mass is 16.9. The molecule has 0 spiro atoms. The maximum absolute atomic E-state index is 6.10. The minimum Gasteiger partial charge on any atom is -0.328 e. The lowest BCUT2D eigenvalue weighted by Crippen LogP contribution is -2.29. The predicted octanol–water partition coefficient (Wildman–Crippen LogP) is 4.23. The Hall–Kier alpha value is -1.68. The van der Waals surface area contributed by atoms with Gasteiger partial charge in [0.15, 0.2) is 0 Å². The third kappa shape index (κ3) is 3.00. The van der Waals surface area contributed by atoms with Crippen molar-refractivity contribution in [3.05, 3.63) is 71.8 Å². The fourth-order valence-corrected chi connectivity index (χ4v) is 2.71. The average molecular weight is 284 g/mol. The average Bonchev–Trinajstić information content (AvgIpc) is 2.87. The molecule has 2 unspecified atom stereocenters. The van der Waals surface area contributed by atoms with Crippen molar-refractivity contribution in [2.45, 2.75) is 32.0 Å². The molecule has 1 aliphatic rings. The first-order valence-corrected chi connectivity index (χ1v) is 7.31. The molecule has 0 amide bonds. The highest BCUT2D eigenvalue weighted by molar-refractivity contribution is 5.26. The van der Waals surface area contributed by atoms with Crippen LogP contribution in [0.1, 0.15) is 37.2 Å². The van der Waals surface area contributed by atoms with Crippen LogP contribution in [0.25, 0.3) is 0 Å². The zero-order chi connectivity index (χ0) is 14.7. The van der Waals surface area contributed by atoms with Gasteiger partial charge in [-0.15, -0.1) is 0 Å². The maximum atomic E-state index is 6.10. The van der Waals surface area contributed by atoms with Crippen molar-refractivity contribution in [1.82, 2.24) is 0 Å². The molecule has 1 heterocycles. The Morgan fingerprint density at radius 2 is 1.29 bits per heavy atom. The normalized spacial score (nSPS) is 28.7. The first-order valence-electron chi connectivity index (χ1n) is 7.31. The molecule has 21 heavy (non-hydrogen) atoms. The Morgan fingerprint density at radius 1 is 0.857 bits per heavy atom. The summed E-state index contributed by atoms with van der Waals surface area (Å²) in [5.74, 6) is -1.00. The number of rotatable bonds is 4. The summed E-state index contributed by atoms with van der Waals surface area (Å²) in [6.45, 7) is 4.31. The van der Waals surface area contributed by atoms with Crippen LogP contribution in [-0.4, -0.2) is 12.6 Å². The van der Waals surface area contributed by atoms with Crippen molar-refractivity contribution in [3.8, 4) is 0 Å². The van der Waals surface area contributed by atoms with Crippen LogP contribution in [0.3, 0.4) is 0 Å². The van der Waals surface area contributed by atoms with Gasteiger partial charge in [-0.3, -0.25) is 0 Å². The van der Waals surface area contributed by atoms with Crippen molar-refractivity contribution < 1.29 is 14.2 Å². The molecule has 2 aromatic carbocycles. The number of benzene rings is 2. The van der Waals surface area contributed by atoms with E-state index in [1.165, 1.54) is 0 Å². The lowest BCUT2D eigenvalue weighted by atomic mass is 9.99. The van der Waals surface area contributed by atoms with Gasteiger partial charge >= 0.3 is 0 Å². The molecule has 1 saturated heterocycles. The van der Waals surface area contributed by atoms with Gasteiger partial charge < -0.3 is 14.2 Å². The van der Waals surface area contributed by atoms with Gasteiger partial charge in [0.1, 0.15) is 12.2 Å². The molecule has 0 saturated carbocycles. The van der Waals surface area contributed by atoms with E-state index < -0.39 is 5.97 Å². The van der Waals surface area contributed by atoms with Gasteiger partial charge in [-0.2, -0.15) is 0 Å². The molecule has 0 bridgehead atoms. The molecule has 0 N–H and O–H groups in total.